The Hall–Kier alpha value is -1.13. The second-order valence-corrected chi connectivity index (χ2v) is 5.96. The van der Waals surface area contributed by atoms with Crippen molar-refractivity contribution in [3.05, 3.63) is 29.3 Å². The van der Waals surface area contributed by atoms with E-state index in [2.05, 4.69) is 24.0 Å². The fourth-order valence-electron chi connectivity index (χ4n) is 2.64. The summed E-state index contributed by atoms with van der Waals surface area (Å²) in [5, 5.41) is 0. The monoisotopic (exact) mass is 292 g/mol. The van der Waals surface area contributed by atoms with Gasteiger partial charge < -0.3 is 10.5 Å². The second kappa shape index (κ2) is 7.04. The molecule has 0 aliphatic heterocycles. The van der Waals surface area contributed by atoms with Gasteiger partial charge in [0.25, 0.3) is 0 Å². The Balaban J connectivity index is 2.05. The number of thiocarbonyl (C=S) groups is 1. The molecule has 1 aliphatic rings. The molecule has 1 aliphatic carbocycles. The van der Waals surface area contributed by atoms with Crippen molar-refractivity contribution in [2.24, 2.45) is 11.7 Å². The SMILES string of the molecule is CCN(Cc1ccc(C(N)=S)c(OC)c1)CC1CCC1. The summed E-state index contributed by atoms with van der Waals surface area (Å²) in [5.74, 6) is 1.67. The van der Waals surface area contributed by atoms with E-state index in [1.807, 2.05) is 6.07 Å². The molecule has 3 nitrogen and oxygen atoms in total. The van der Waals surface area contributed by atoms with Crippen LogP contribution in [0.15, 0.2) is 18.2 Å². The van der Waals surface area contributed by atoms with Gasteiger partial charge in [0.1, 0.15) is 10.7 Å². The van der Waals surface area contributed by atoms with Crippen LogP contribution in [0.4, 0.5) is 0 Å². The van der Waals surface area contributed by atoms with Crippen molar-refractivity contribution >= 4 is 17.2 Å². The van der Waals surface area contributed by atoms with Crippen LogP contribution in [0.3, 0.4) is 0 Å². The quantitative estimate of drug-likeness (QED) is 0.784. The lowest BCUT2D eigenvalue weighted by atomic mass is 9.85. The zero-order valence-electron chi connectivity index (χ0n) is 12.4. The first kappa shape index (κ1) is 15.3. The molecule has 110 valence electrons. The van der Waals surface area contributed by atoms with Gasteiger partial charge in [-0.2, -0.15) is 0 Å². The van der Waals surface area contributed by atoms with E-state index in [1.54, 1.807) is 7.11 Å². The Morgan fingerprint density at radius 2 is 2.20 bits per heavy atom. The first-order chi connectivity index (χ1) is 9.63. The van der Waals surface area contributed by atoms with Crippen molar-refractivity contribution < 1.29 is 4.74 Å². The van der Waals surface area contributed by atoms with Gasteiger partial charge in [-0.1, -0.05) is 31.6 Å². The van der Waals surface area contributed by atoms with Gasteiger partial charge in [0.05, 0.1) is 12.7 Å². The van der Waals surface area contributed by atoms with Gasteiger partial charge in [-0.25, -0.2) is 0 Å². The van der Waals surface area contributed by atoms with Crippen molar-refractivity contribution in [3.63, 3.8) is 0 Å². The maximum absolute atomic E-state index is 5.70. The number of nitrogens with zero attached hydrogens (tertiary/aromatic N) is 1. The number of ether oxygens (including phenoxy) is 1. The third-order valence-electron chi connectivity index (χ3n) is 4.13. The predicted molar refractivity (Wildman–Crippen MR) is 87.2 cm³/mol. The molecule has 0 spiro atoms. The van der Waals surface area contributed by atoms with Crippen LogP contribution in [0.25, 0.3) is 0 Å². The topological polar surface area (TPSA) is 38.5 Å². The first-order valence-electron chi connectivity index (χ1n) is 7.33. The van der Waals surface area contributed by atoms with E-state index in [-0.39, 0.29) is 0 Å². The Morgan fingerprint density at radius 3 is 2.70 bits per heavy atom. The van der Waals surface area contributed by atoms with E-state index in [4.69, 9.17) is 22.7 Å². The second-order valence-electron chi connectivity index (χ2n) is 5.52. The number of nitrogens with two attached hydrogens (primary N) is 1. The van der Waals surface area contributed by atoms with Crippen LogP contribution < -0.4 is 10.5 Å². The minimum atomic E-state index is 0.384. The largest absolute Gasteiger partial charge is 0.496 e. The van der Waals surface area contributed by atoms with Crippen LogP contribution in [0, 0.1) is 5.92 Å². The Morgan fingerprint density at radius 1 is 1.45 bits per heavy atom. The fraction of sp³-hybridized carbons (Fsp3) is 0.562. The fourth-order valence-corrected chi connectivity index (χ4v) is 2.81. The summed E-state index contributed by atoms with van der Waals surface area (Å²) >= 11 is 5.04. The molecule has 1 aromatic rings. The zero-order chi connectivity index (χ0) is 14.5. The van der Waals surface area contributed by atoms with Gasteiger partial charge in [0.2, 0.25) is 0 Å². The molecule has 0 atom stereocenters. The third kappa shape index (κ3) is 3.70. The smallest absolute Gasteiger partial charge is 0.129 e. The molecule has 0 heterocycles. The van der Waals surface area contributed by atoms with Crippen LogP contribution in [-0.4, -0.2) is 30.1 Å². The van der Waals surface area contributed by atoms with Crippen molar-refractivity contribution in [2.75, 3.05) is 20.2 Å². The highest BCUT2D eigenvalue weighted by atomic mass is 32.1. The molecule has 4 heteroatoms. The summed E-state index contributed by atoms with van der Waals surface area (Å²) in [6.07, 6.45) is 4.18. The van der Waals surface area contributed by atoms with Crippen molar-refractivity contribution in [1.82, 2.24) is 4.90 Å². The summed E-state index contributed by atoms with van der Waals surface area (Å²) in [4.78, 5) is 2.88. The molecule has 1 saturated carbocycles. The van der Waals surface area contributed by atoms with Crippen LogP contribution in [0.2, 0.25) is 0 Å². The normalized spacial score (nSPS) is 15.2. The number of hydrogen-bond acceptors (Lipinski definition) is 3. The van der Waals surface area contributed by atoms with E-state index in [1.165, 1.54) is 31.4 Å². The van der Waals surface area contributed by atoms with Crippen molar-refractivity contribution in [2.45, 2.75) is 32.7 Å². The summed E-state index contributed by atoms with van der Waals surface area (Å²) in [6, 6.07) is 6.12. The summed E-state index contributed by atoms with van der Waals surface area (Å²) < 4.78 is 5.39. The minimum Gasteiger partial charge on any atom is -0.496 e. The molecule has 1 fully saturated rings. The molecule has 0 amide bonds. The predicted octanol–water partition coefficient (Wildman–Crippen LogP) is 2.95. The zero-order valence-corrected chi connectivity index (χ0v) is 13.2. The third-order valence-corrected chi connectivity index (χ3v) is 4.35. The minimum absolute atomic E-state index is 0.384. The maximum Gasteiger partial charge on any atom is 0.129 e. The highest BCUT2D eigenvalue weighted by Crippen LogP contribution is 2.28. The lowest BCUT2D eigenvalue weighted by Crippen LogP contribution is -2.32. The molecule has 1 aromatic carbocycles. The highest BCUT2D eigenvalue weighted by molar-refractivity contribution is 7.80. The summed E-state index contributed by atoms with van der Waals surface area (Å²) in [6.45, 7) is 5.46. The van der Waals surface area contributed by atoms with Crippen molar-refractivity contribution in [1.29, 1.82) is 0 Å². The molecular formula is C16H24N2OS. The summed E-state index contributed by atoms with van der Waals surface area (Å²) in [5.41, 5.74) is 7.77. The van der Waals surface area contributed by atoms with E-state index in [0.717, 1.165) is 30.3 Å². The van der Waals surface area contributed by atoms with Crippen LogP contribution in [0.5, 0.6) is 5.75 Å². The highest BCUT2D eigenvalue weighted by Gasteiger charge is 2.20. The number of hydrogen-bond donors (Lipinski definition) is 1. The molecule has 0 radical (unpaired) electrons. The lowest BCUT2D eigenvalue weighted by molar-refractivity contribution is 0.178. The Labute approximate surface area is 127 Å². The van der Waals surface area contributed by atoms with Gasteiger partial charge in [-0.05, 0) is 43.0 Å². The lowest BCUT2D eigenvalue weighted by Gasteiger charge is -2.31. The van der Waals surface area contributed by atoms with Crippen LogP contribution in [-0.2, 0) is 6.54 Å². The van der Waals surface area contributed by atoms with Gasteiger partial charge in [-0.15, -0.1) is 0 Å². The van der Waals surface area contributed by atoms with Gasteiger partial charge in [-0.3, -0.25) is 4.90 Å². The van der Waals surface area contributed by atoms with E-state index in [9.17, 15) is 0 Å². The standard InChI is InChI=1S/C16H24N2OS/c1-3-18(10-12-5-4-6-12)11-13-7-8-14(16(17)20)15(9-13)19-2/h7-9,12H,3-6,10-11H2,1-2H3,(H2,17,20). The summed E-state index contributed by atoms with van der Waals surface area (Å²) in [7, 11) is 1.66. The maximum atomic E-state index is 5.70. The van der Waals surface area contributed by atoms with E-state index in [0.29, 0.717) is 4.99 Å². The average molecular weight is 292 g/mol. The number of rotatable bonds is 7. The molecular weight excluding hydrogens is 268 g/mol. The molecule has 0 aromatic heterocycles. The van der Waals surface area contributed by atoms with Crippen molar-refractivity contribution in [3.8, 4) is 5.75 Å². The Bertz CT molecular complexity index is 472. The van der Waals surface area contributed by atoms with E-state index >= 15 is 0 Å². The molecule has 0 saturated heterocycles. The molecule has 0 unspecified atom stereocenters. The molecule has 2 N–H and O–H groups in total. The van der Waals surface area contributed by atoms with Gasteiger partial charge >= 0.3 is 0 Å². The number of benzene rings is 1. The van der Waals surface area contributed by atoms with Crippen LogP contribution in [0.1, 0.15) is 37.3 Å². The molecule has 0 bridgehead atoms. The number of methoxy groups -OCH3 is 1. The first-order valence-corrected chi connectivity index (χ1v) is 7.74. The van der Waals surface area contributed by atoms with Crippen LogP contribution >= 0.6 is 12.2 Å². The van der Waals surface area contributed by atoms with Gasteiger partial charge in [0.15, 0.2) is 0 Å². The molecule has 20 heavy (non-hydrogen) atoms. The Kier molecular flexibility index (Phi) is 5.38. The van der Waals surface area contributed by atoms with E-state index < -0.39 is 0 Å². The van der Waals surface area contributed by atoms with Gasteiger partial charge in [0, 0.05) is 13.1 Å². The average Bonchev–Trinajstić information content (AvgIpc) is 2.40. The molecule has 2 rings (SSSR count).